The highest BCUT2D eigenvalue weighted by Gasteiger charge is 2.48. The number of piperazine rings is 1. The zero-order chi connectivity index (χ0) is 35.5. The van der Waals surface area contributed by atoms with Crippen molar-refractivity contribution in [3.05, 3.63) is 65.7 Å². The summed E-state index contributed by atoms with van der Waals surface area (Å²) in [6, 6.07) is 12.1. The second-order valence-corrected chi connectivity index (χ2v) is 14.0. The average molecular weight is 696 g/mol. The van der Waals surface area contributed by atoms with Gasteiger partial charge in [0.05, 0.1) is 49.1 Å². The van der Waals surface area contributed by atoms with Crippen molar-refractivity contribution in [1.82, 2.24) is 39.4 Å². The molecule has 270 valence electrons. The number of hydrogen-bond donors (Lipinski definition) is 0. The van der Waals surface area contributed by atoms with Crippen LogP contribution in [-0.2, 0) is 28.1 Å². The number of carbonyl (C=O) groups is 2. The van der Waals surface area contributed by atoms with Gasteiger partial charge in [0.1, 0.15) is 17.9 Å². The number of likely N-dealkylation sites (N-methyl/N-ethyl adjacent to an activating group) is 1. The van der Waals surface area contributed by atoms with Crippen molar-refractivity contribution in [1.29, 1.82) is 0 Å². The molecule has 13 heteroatoms. The molecule has 0 unspecified atom stereocenters. The summed E-state index contributed by atoms with van der Waals surface area (Å²) in [6.45, 7) is 9.25. The maximum absolute atomic E-state index is 14.0. The molecule has 3 aromatic heterocycles. The molecule has 1 saturated carbocycles. The van der Waals surface area contributed by atoms with Crippen molar-refractivity contribution in [3.8, 4) is 11.6 Å². The summed E-state index contributed by atoms with van der Waals surface area (Å²) in [6.07, 6.45) is 7.28. The predicted molar refractivity (Wildman–Crippen MR) is 194 cm³/mol. The van der Waals surface area contributed by atoms with Crippen LogP contribution in [0.4, 0.5) is 5.82 Å². The van der Waals surface area contributed by atoms with Gasteiger partial charge < -0.3 is 29.1 Å². The molecule has 51 heavy (non-hydrogen) atoms. The number of ether oxygens (including phenoxy) is 2. The molecule has 1 saturated heterocycles. The highest BCUT2D eigenvalue weighted by Crippen LogP contribution is 2.48. The number of hydrogen-bond acceptors (Lipinski definition) is 10. The van der Waals surface area contributed by atoms with E-state index in [9.17, 15) is 9.59 Å². The lowest BCUT2D eigenvalue weighted by Crippen LogP contribution is -2.57. The minimum atomic E-state index is -0.397. The topological polar surface area (TPSA) is 122 Å². The highest BCUT2D eigenvalue weighted by atomic mass is 16.5. The fraction of sp³-hybridized carbons (Fsp3) is 0.526. The zero-order valence-corrected chi connectivity index (χ0v) is 30.3. The van der Waals surface area contributed by atoms with Gasteiger partial charge in [0.15, 0.2) is 5.65 Å². The molecule has 5 heterocycles. The van der Waals surface area contributed by atoms with Gasteiger partial charge in [-0.15, -0.1) is 0 Å². The standard InChI is InChI=1S/C38H49N9O4/c1-5-50-30-10-11-32-28(22-30)14-17-46(34(48)25-43(3)4)38(32)15-12-27(13-16-38)37(49)45-20-18-44(19-21-45)35-31-23-41-47(36(31)40-26-39-35)24-29-8-7-9-33(42-29)51-6-2/h7-11,22-23,26-27H,5-6,12-21,24-25H2,1-4H3. The molecule has 0 bridgehead atoms. The molecule has 0 atom stereocenters. The summed E-state index contributed by atoms with van der Waals surface area (Å²) >= 11 is 0. The number of pyridine rings is 1. The van der Waals surface area contributed by atoms with Gasteiger partial charge in [-0.1, -0.05) is 12.1 Å². The van der Waals surface area contributed by atoms with Crippen molar-refractivity contribution >= 4 is 28.7 Å². The van der Waals surface area contributed by atoms with E-state index >= 15 is 0 Å². The van der Waals surface area contributed by atoms with Crippen LogP contribution in [0.25, 0.3) is 11.0 Å². The van der Waals surface area contributed by atoms with Crippen LogP contribution in [0.15, 0.2) is 48.9 Å². The van der Waals surface area contributed by atoms with Crippen molar-refractivity contribution in [2.24, 2.45) is 5.92 Å². The Bertz CT molecular complexity index is 1860. The van der Waals surface area contributed by atoms with Crippen LogP contribution in [0.1, 0.15) is 56.4 Å². The van der Waals surface area contributed by atoms with E-state index in [1.807, 2.05) is 72.9 Å². The quantitative estimate of drug-likeness (QED) is 0.243. The summed E-state index contributed by atoms with van der Waals surface area (Å²) in [4.78, 5) is 49.7. The Hall–Kier alpha value is -4.78. The Morgan fingerprint density at radius 3 is 2.49 bits per heavy atom. The van der Waals surface area contributed by atoms with Gasteiger partial charge in [-0.05, 0) is 89.4 Å². The number of nitrogens with zero attached hydrogens (tertiary/aromatic N) is 9. The van der Waals surface area contributed by atoms with E-state index in [1.54, 1.807) is 6.33 Å². The zero-order valence-electron chi connectivity index (χ0n) is 30.3. The third kappa shape index (κ3) is 6.95. The van der Waals surface area contributed by atoms with Gasteiger partial charge in [-0.25, -0.2) is 19.6 Å². The van der Waals surface area contributed by atoms with Crippen molar-refractivity contribution in [2.45, 2.75) is 58.0 Å². The first-order valence-electron chi connectivity index (χ1n) is 18.3. The first-order valence-corrected chi connectivity index (χ1v) is 18.3. The third-order valence-corrected chi connectivity index (χ3v) is 10.6. The molecular formula is C38H49N9O4. The third-order valence-electron chi connectivity index (χ3n) is 10.6. The number of fused-ring (bicyclic) bond motifs is 3. The van der Waals surface area contributed by atoms with E-state index in [0.29, 0.717) is 64.9 Å². The fourth-order valence-corrected chi connectivity index (χ4v) is 8.25. The van der Waals surface area contributed by atoms with Crippen LogP contribution in [-0.4, -0.2) is 118 Å². The van der Waals surface area contributed by atoms with E-state index in [2.05, 4.69) is 42.0 Å². The summed E-state index contributed by atoms with van der Waals surface area (Å²) in [5.74, 6) is 2.62. The maximum Gasteiger partial charge on any atom is 0.237 e. The highest BCUT2D eigenvalue weighted by molar-refractivity contribution is 5.87. The molecule has 4 aromatic rings. The van der Waals surface area contributed by atoms with Gasteiger partial charge in [-0.3, -0.25) is 9.59 Å². The van der Waals surface area contributed by atoms with Crippen LogP contribution in [0, 0.1) is 5.92 Å². The van der Waals surface area contributed by atoms with Crippen molar-refractivity contribution < 1.29 is 19.1 Å². The summed E-state index contributed by atoms with van der Waals surface area (Å²) in [7, 11) is 3.88. The van der Waals surface area contributed by atoms with Crippen LogP contribution >= 0.6 is 0 Å². The average Bonchev–Trinajstić information content (AvgIpc) is 3.54. The van der Waals surface area contributed by atoms with Crippen LogP contribution in [0.5, 0.6) is 11.6 Å². The normalized spacial score (nSPS) is 20.6. The van der Waals surface area contributed by atoms with Crippen LogP contribution in [0.2, 0.25) is 0 Å². The smallest absolute Gasteiger partial charge is 0.237 e. The Morgan fingerprint density at radius 1 is 0.961 bits per heavy atom. The summed E-state index contributed by atoms with van der Waals surface area (Å²) in [5, 5.41) is 5.51. The van der Waals surface area contributed by atoms with Gasteiger partial charge in [0.2, 0.25) is 17.7 Å². The molecule has 2 fully saturated rings. The van der Waals surface area contributed by atoms with Gasteiger partial charge >= 0.3 is 0 Å². The molecule has 2 amide bonds. The number of benzene rings is 1. The van der Waals surface area contributed by atoms with Crippen molar-refractivity contribution in [3.63, 3.8) is 0 Å². The summed E-state index contributed by atoms with van der Waals surface area (Å²) in [5.41, 5.74) is 3.66. The molecule has 1 aromatic carbocycles. The second kappa shape index (κ2) is 14.8. The van der Waals surface area contributed by atoms with Gasteiger partial charge in [-0.2, -0.15) is 5.10 Å². The Kier molecular flexibility index (Phi) is 10.1. The van der Waals surface area contributed by atoms with E-state index in [1.165, 1.54) is 11.1 Å². The number of amides is 2. The van der Waals surface area contributed by atoms with Gasteiger partial charge in [0, 0.05) is 44.7 Å². The molecule has 2 aliphatic heterocycles. The van der Waals surface area contributed by atoms with Crippen molar-refractivity contribution in [2.75, 3.05) is 71.5 Å². The molecule has 1 spiro atoms. The molecule has 0 radical (unpaired) electrons. The fourth-order valence-electron chi connectivity index (χ4n) is 8.25. The SMILES string of the molecule is CCOc1ccc2c(c1)CCN(C(=O)CN(C)C)C21CCC(C(=O)N2CCN(c3ncnc4c3cnn4Cc3cccc(OCC)n3)CC2)CC1. The lowest BCUT2D eigenvalue weighted by molar-refractivity contribution is -0.144. The molecule has 3 aliphatic rings. The molecule has 7 rings (SSSR count). The van der Waals surface area contributed by atoms with Gasteiger partial charge in [0.25, 0.3) is 0 Å². The van der Waals surface area contributed by atoms with E-state index < -0.39 is 5.54 Å². The second-order valence-electron chi connectivity index (χ2n) is 14.0. The number of carbonyl (C=O) groups excluding carboxylic acids is 2. The Balaban J connectivity index is 1.01. The number of aromatic nitrogens is 5. The minimum Gasteiger partial charge on any atom is -0.494 e. The maximum atomic E-state index is 14.0. The number of anilines is 1. The molecule has 0 N–H and O–H groups in total. The van der Waals surface area contributed by atoms with E-state index in [-0.39, 0.29) is 17.7 Å². The lowest BCUT2D eigenvalue weighted by Gasteiger charge is -2.52. The predicted octanol–water partition coefficient (Wildman–Crippen LogP) is 3.75. The summed E-state index contributed by atoms with van der Waals surface area (Å²) < 4.78 is 13.2. The Morgan fingerprint density at radius 2 is 1.75 bits per heavy atom. The van der Waals surface area contributed by atoms with Crippen LogP contribution < -0.4 is 14.4 Å². The minimum absolute atomic E-state index is 0.0557. The van der Waals surface area contributed by atoms with E-state index in [4.69, 9.17) is 9.47 Å². The van der Waals surface area contributed by atoms with E-state index in [0.717, 1.165) is 60.4 Å². The lowest BCUT2D eigenvalue weighted by atomic mass is 9.68. The molecular weight excluding hydrogens is 646 g/mol. The largest absolute Gasteiger partial charge is 0.494 e. The number of rotatable bonds is 10. The first kappa shape index (κ1) is 34.7. The Labute approximate surface area is 299 Å². The molecule has 13 nitrogen and oxygen atoms in total. The monoisotopic (exact) mass is 695 g/mol. The first-order chi connectivity index (χ1) is 24.8. The van der Waals surface area contributed by atoms with Crippen LogP contribution in [0.3, 0.4) is 0 Å². The molecule has 1 aliphatic carbocycles.